The molecule has 1 saturated carbocycles. The van der Waals surface area contributed by atoms with Crippen LogP contribution < -0.4 is 0 Å². The zero-order chi connectivity index (χ0) is 13.7. The van der Waals surface area contributed by atoms with Crippen molar-refractivity contribution in [1.29, 1.82) is 0 Å². The molecule has 1 nitrogen and oxygen atoms in total. The molecule has 2 unspecified atom stereocenters. The lowest BCUT2D eigenvalue weighted by molar-refractivity contribution is -0.0367. The van der Waals surface area contributed by atoms with Gasteiger partial charge in [0.15, 0.2) is 0 Å². The molecule has 1 fully saturated rings. The summed E-state index contributed by atoms with van der Waals surface area (Å²) in [5.74, 6) is 0.706. The second kappa shape index (κ2) is 4.69. The number of rotatable bonds is 1. The van der Waals surface area contributed by atoms with Gasteiger partial charge in [0.2, 0.25) is 0 Å². The minimum absolute atomic E-state index is 0.353. The maximum Gasteiger partial charge on any atom is 0.106 e. The first-order valence-corrected chi connectivity index (χ1v) is 8.89. The number of thiophene rings is 1. The molecule has 0 spiro atoms. The van der Waals surface area contributed by atoms with Crippen LogP contribution in [0, 0.1) is 11.8 Å². The van der Waals surface area contributed by atoms with Crippen LogP contribution in [0.4, 0.5) is 0 Å². The maximum atomic E-state index is 11.5. The van der Waals surface area contributed by atoms with Crippen molar-refractivity contribution in [3.8, 4) is 0 Å². The van der Waals surface area contributed by atoms with Crippen LogP contribution in [-0.4, -0.2) is 5.11 Å². The first kappa shape index (κ1) is 13.1. The van der Waals surface area contributed by atoms with E-state index in [1.807, 2.05) is 0 Å². The smallest absolute Gasteiger partial charge is 0.106 e. The van der Waals surface area contributed by atoms with Gasteiger partial charge in [-0.2, -0.15) is 0 Å². The Labute approximate surface area is 131 Å². The Morgan fingerprint density at radius 2 is 1.65 bits per heavy atom. The standard InChI is InChI=1S/C17H17BrOS/c18-15-7-8-20-16(15)17(19)13-5-6-14(17)10-12-4-2-1-3-11(12)9-13/h1-4,7-8,13-14,19H,5-6,9-10H2. The van der Waals surface area contributed by atoms with Crippen molar-refractivity contribution in [3.63, 3.8) is 0 Å². The molecule has 2 atom stereocenters. The Kier molecular flexibility index (Phi) is 3.06. The quantitative estimate of drug-likeness (QED) is 0.802. The van der Waals surface area contributed by atoms with Crippen LogP contribution in [0.15, 0.2) is 40.2 Å². The van der Waals surface area contributed by atoms with Gasteiger partial charge in [-0.25, -0.2) is 0 Å². The molecule has 4 rings (SSSR count). The van der Waals surface area contributed by atoms with Crippen molar-refractivity contribution in [3.05, 3.63) is 56.2 Å². The number of benzene rings is 1. The molecule has 1 aromatic carbocycles. The largest absolute Gasteiger partial charge is 0.384 e. The van der Waals surface area contributed by atoms with E-state index in [4.69, 9.17) is 0 Å². The van der Waals surface area contributed by atoms with Crippen molar-refractivity contribution in [1.82, 2.24) is 0 Å². The van der Waals surface area contributed by atoms with Gasteiger partial charge in [0.05, 0.1) is 4.88 Å². The van der Waals surface area contributed by atoms with E-state index in [-0.39, 0.29) is 0 Å². The summed E-state index contributed by atoms with van der Waals surface area (Å²) in [5.41, 5.74) is 2.23. The Morgan fingerprint density at radius 1 is 1.05 bits per heavy atom. The molecule has 0 radical (unpaired) electrons. The SMILES string of the molecule is OC1(c2sccc2Br)C2CCC1Cc1ccccc1C2. The minimum Gasteiger partial charge on any atom is -0.384 e. The van der Waals surface area contributed by atoms with Crippen molar-refractivity contribution < 1.29 is 5.11 Å². The first-order valence-electron chi connectivity index (χ1n) is 7.22. The van der Waals surface area contributed by atoms with Crippen molar-refractivity contribution in [2.75, 3.05) is 0 Å². The van der Waals surface area contributed by atoms with Crippen LogP contribution >= 0.6 is 27.3 Å². The van der Waals surface area contributed by atoms with Gasteiger partial charge in [0.25, 0.3) is 0 Å². The molecule has 2 aliphatic carbocycles. The fourth-order valence-electron chi connectivity index (χ4n) is 4.13. The van der Waals surface area contributed by atoms with Crippen LogP contribution in [-0.2, 0) is 18.4 Å². The molecule has 2 aliphatic rings. The van der Waals surface area contributed by atoms with Crippen molar-refractivity contribution >= 4 is 27.3 Å². The third-order valence-corrected chi connectivity index (χ3v) is 7.12. The zero-order valence-electron chi connectivity index (χ0n) is 11.2. The summed E-state index contributed by atoms with van der Waals surface area (Å²) >= 11 is 5.32. The van der Waals surface area contributed by atoms with Gasteiger partial charge in [-0.05, 0) is 76.0 Å². The molecule has 1 heterocycles. The Hall–Kier alpha value is -0.640. The second-order valence-electron chi connectivity index (χ2n) is 6.07. The maximum absolute atomic E-state index is 11.5. The summed E-state index contributed by atoms with van der Waals surface area (Å²) in [6, 6.07) is 10.8. The van der Waals surface area contributed by atoms with E-state index in [1.165, 1.54) is 11.1 Å². The van der Waals surface area contributed by atoms with Gasteiger partial charge in [-0.3, -0.25) is 0 Å². The van der Waals surface area contributed by atoms with E-state index in [9.17, 15) is 5.11 Å². The highest BCUT2D eigenvalue weighted by atomic mass is 79.9. The Bertz CT molecular complexity index is 615. The number of aliphatic hydroxyl groups is 1. The fraction of sp³-hybridized carbons (Fsp3) is 0.412. The van der Waals surface area contributed by atoms with E-state index >= 15 is 0 Å². The number of hydrogen-bond donors (Lipinski definition) is 1. The van der Waals surface area contributed by atoms with Gasteiger partial charge in [0.1, 0.15) is 5.60 Å². The van der Waals surface area contributed by atoms with Crippen LogP contribution in [0.25, 0.3) is 0 Å². The summed E-state index contributed by atoms with van der Waals surface area (Å²) in [7, 11) is 0. The highest BCUT2D eigenvalue weighted by Gasteiger charge is 2.52. The Morgan fingerprint density at radius 3 is 2.15 bits per heavy atom. The second-order valence-corrected chi connectivity index (χ2v) is 7.84. The summed E-state index contributed by atoms with van der Waals surface area (Å²) in [6.07, 6.45) is 4.29. The van der Waals surface area contributed by atoms with Gasteiger partial charge in [-0.15, -0.1) is 11.3 Å². The van der Waals surface area contributed by atoms with E-state index < -0.39 is 5.60 Å². The molecule has 0 saturated heterocycles. The summed E-state index contributed by atoms with van der Waals surface area (Å²) in [4.78, 5) is 1.14. The molecular weight excluding hydrogens is 332 g/mol. The Balaban J connectivity index is 1.83. The molecule has 0 aliphatic heterocycles. The fourth-order valence-corrected chi connectivity index (χ4v) is 6.08. The van der Waals surface area contributed by atoms with Gasteiger partial charge < -0.3 is 5.11 Å². The van der Waals surface area contributed by atoms with Crippen LogP contribution in [0.3, 0.4) is 0 Å². The van der Waals surface area contributed by atoms with E-state index in [0.29, 0.717) is 11.8 Å². The third kappa shape index (κ3) is 1.76. The lowest BCUT2D eigenvalue weighted by atomic mass is 9.81. The average molecular weight is 349 g/mol. The lowest BCUT2D eigenvalue weighted by Gasteiger charge is -2.33. The van der Waals surface area contributed by atoms with Crippen LogP contribution in [0.5, 0.6) is 0 Å². The summed E-state index contributed by atoms with van der Waals surface area (Å²) in [6.45, 7) is 0. The summed E-state index contributed by atoms with van der Waals surface area (Å²) in [5, 5.41) is 13.6. The molecule has 3 heteroatoms. The molecule has 20 heavy (non-hydrogen) atoms. The summed E-state index contributed by atoms with van der Waals surface area (Å²) < 4.78 is 1.08. The normalized spacial score (nSPS) is 31.9. The molecular formula is C17H17BrOS. The van der Waals surface area contributed by atoms with E-state index in [1.54, 1.807) is 11.3 Å². The zero-order valence-corrected chi connectivity index (χ0v) is 13.6. The molecule has 0 amide bonds. The molecule has 104 valence electrons. The number of hydrogen-bond acceptors (Lipinski definition) is 2. The van der Waals surface area contributed by atoms with Crippen LogP contribution in [0.2, 0.25) is 0 Å². The first-order chi connectivity index (χ1) is 9.69. The minimum atomic E-state index is -0.647. The van der Waals surface area contributed by atoms with Gasteiger partial charge in [-0.1, -0.05) is 24.3 Å². The monoisotopic (exact) mass is 348 g/mol. The van der Waals surface area contributed by atoms with Crippen molar-refractivity contribution in [2.24, 2.45) is 11.8 Å². The topological polar surface area (TPSA) is 20.2 Å². The molecule has 1 aromatic heterocycles. The highest BCUT2D eigenvalue weighted by molar-refractivity contribution is 9.10. The van der Waals surface area contributed by atoms with Gasteiger partial charge >= 0.3 is 0 Å². The van der Waals surface area contributed by atoms with E-state index in [0.717, 1.165) is 35.0 Å². The van der Waals surface area contributed by atoms with Gasteiger partial charge in [0, 0.05) is 4.47 Å². The number of halogens is 1. The molecule has 1 N–H and O–H groups in total. The highest BCUT2D eigenvalue weighted by Crippen LogP contribution is 2.55. The van der Waals surface area contributed by atoms with Crippen LogP contribution in [0.1, 0.15) is 28.8 Å². The molecule has 2 aromatic rings. The predicted molar refractivity (Wildman–Crippen MR) is 86.0 cm³/mol. The van der Waals surface area contributed by atoms with Crippen molar-refractivity contribution in [2.45, 2.75) is 31.3 Å². The van der Waals surface area contributed by atoms with E-state index in [2.05, 4.69) is 51.6 Å². The lowest BCUT2D eigenvalue weighted by Crippen LogP contribution is -2.36. The predicted octanol–water partition coefficient (Wildman–Crippen LogP) is 4.52. The third-order valence-electron chi connectivity index (χ3n) is 5.14. The number of fused-ring (bicyclic) bond motifs is 3. The average Bonchev–Trinajstić information content (AvgIpc) is 2.94. The molecule has 2 bridgehead atoms.